The SMILES string of the molecule is CO[C@H]1C[C@H]2C=C[C@H]3[C@@H]4O[C@]2(/C(C)=C\[C@@H](C)[C@@H]([C@@H](C)OC(=O)C[n+]2ccc(C)cc2)OC1=O)[C@@H]3[C@H](O)[C@@H](C)[C@H]4OC(=O)c1ccc[nH]1.[Br-]. The molecule has 1 saturated heterocycles. The van der Waals surface area contributed by atoms with Gasteiger partial charge in [-0.1, -0.05) is 32.1 Å². The van der Waals surface area contributed by atoms with Gasteiger partial charge in [-0.15, -0.1) is 0 Å². The van der Waals surface area contributed by atoms with Gasteiger partial charge >= 0.3 is 17.9 Å². The molecule has 0 radical (unpaired) electrons. The molecule has 2 aliphatic heterocycles. The highest BCUT2D eigenvalue weighted by Crippen LogP contribution is 2.61. The number of aliphatic hydroxyl groups excluding tert-OH is 1. The molecular formula is C36H45BrN2O9. The predicted molar refractivity (Wildman–Crippen MR) is 168 cm³/mol. The van der Waals surface area contributed by atoms with E-state index in [1.807, 2.05) is 70.4 Å². The molecule has 48 heavy (non-hydrogen) atoms. The molecule has 0 amide bonds. The fraction of sp³-hybridized carbons (Fsp3) is 0.556. The first-order valence-corrected chi connectivity index (χ1v) is 16.4. The smallest absolute Gasteiger partial charge is 0.373 e. The summed E-state index contributed by atoms with van der Waals surface area (Å²) < 4.78 is 32.4. The van der Waals surface area contributed by atoms with E-state index >= 15 is 0 Å². The predicted octanol–water partition coefficient (Wildman–Crippen LogP) is 0.251. The molecule has 4 aliphatic rings. The van der Waals surface area contributed by atoms with Crippen LogP contribution in [0.2, 0.25) is 0 Å². The second kappa shape index (κ2) is 14.3. The molecule has 2 aromatic heterocycles. The number of esters is 3. The van der Waals surface area contributed by atoms with Gasteiger partial charge in [0.2, 0.25) is 6.54 Å². The first kappa shape index (κ1) is 36.0. The van der Waals surface area contributed by atoms with Gasteiger partial charge in [0, 0.05) is 55.0 Å². The summed E-state index contributed by atoms with van der Waals surface area (Å²) in [5.41, 5.74) is 1.27. The number of hydrogen-bond donors (Lipinski definition) is 2. The summed E-state index contributed by atoms with van der Waals surface area (Å²) in [6, 6.07) is 7.18. The summed E-state index contributed by atoms with van der Waals surface area (Å²) in [5.74, 6) is -3.25. The molecule has 1 saturated carbocycles. The van der Waals surface area contributed by atoms with Gasteiger partial charge in [0.1, 0.15) is 35.7 Å². The lowest BCUT2D eigenvalue weighted by Crippen LogP contribution is -3.00. The maximum Gasteiger partial charge on any atom is 0.373 e. The molecule has 2 aliphatic carbocycles. The highest BCUT2D eigenvalue weighted by molar-refractivity contribution is 5.87. The number of aromatic amines is 1. The number of aliphatic hydroxyl groups is 1. The number of methoxy groups -OCH3 is 1. The second-order valence-corrected chi connectivity index (χ2v) is 13.6. The topological polar surface area (TPSA) is 137 Å². The number of pyridine rings is 1. The number of ether oxygens (including phenoxy) is 5. The van der Waals surface area contributed by atoms with Crippen LogP contribution >= 0.6 is 0 Å². The van der Waals surface area contributed by atoms with Gasteiger partial charge < -0.3 is 50.8 Å². The molecule has 2 N–H and O–H groups in total. The van der Waals surface area contributed by atoms with Crippen LogP contribution in [0.25, 0.3) is 0 Å². The number of H-pyrrole nitrogens is 1. The number of carbonyl (C=O) groups excluding carboxylic acids is 3. The van der Waals surface area contributed by atoms with E-state index in [4.69, 9.17) is 23.7 Å². The number of nitrogens with zero attached hydrogens (tertiary/aromatic N) is 1. The summed E-state index contributed by atoms with van der Waals surface area (Å²) in [4.78, 5) is 42.5. The lowest BCUT2D eigenvalue weighted by Gasteiger charge is -2.48. The highest BCUT2D eigenvalue weighted by Gasteiger charge is 2.69. The fourth-order valence-electron chi connectivity index (χ4n) is 8.23. The molecule has 2 aromatic rings. The van der Waals surface area contributed by atoms with Crippen LogP contribution in [0.15, 0.2) is 66.7 Å². The Hall–Kier alpha value is -3.32. The van der Waals surface area contributed by atoms with Gasteiger partial charge in [-0.3, -0.25) is 0 Å². The van der Waals surface area contributed by atoms with Crippen LogP contribution in [0.1, 0.15) is 50.2 Å². The van der Waals surface area contributed by atoms with Crippen molar-refractivity contribution < 1.29 is 64.7 Å². The molecule has 260 valence electrons. The van der Waals surface area contributed by atoms with Crippen LogP contribution in [-0.4, -0.2) is 77.3 Å². The lowest BCUT2D eigenvalue weighted by molar-refractivity contribution is -0.686. The Labute approximate surface area is 291 Å². The van der Waals surface area contributed by atoms with Crippen molar-refractivity contribution >= 4 is 17.9 Å². The van der Waals surface area contributed by atoms with Crippen molar-refractivity contribution in [2.75, 3.05) is 7.11 Å². The van der Waals surface area contributed by atoms with Crippen molar-refractivity contribution in [3.63, 3.8) is 0 Å². The average molecular weight is 730 g/mol. The van der Waals surface area contributed by atoms with E-state index in [0.717, 1.165) is 11.1 Å². The number of hydrogen-bond acceptors (Lipinski definition) is 9. The van der Waals surface area contributed by atoms with E-state index in [0.29, 0.717) is 5.69 Å². The zero-order chi connectivity index (χ0) is 33.6. The first-order chi connectivity index (χ1) is 22.4. The monoisotopic (exact) mass is 728 g/mol. The number of nitrogens with one attached hydrogen (secondary N) is 1. The summed E-state index contributed by atoms with van der Waals surface area (Å²) in [7, 11) is 1.46. The Morgan fingerprint density at radius 3 is 2.56 bits per heavy atom. The Morgan fingerprint density at radius 1 is 1.17 bits per heavy atom. The quantitative estimate of drug-likeness (QED) is 0.178. The third kappa shape index (κ3) is 6.39. The molecule has 1 spiro atoms. The number of cyclic esters (lactones) is 1. The van der Waals surface area contributed by atoms with E-state index in [1.165, 1.54) is 7.11 Å². The van der Waals surface area contributed by atoms with Crippen LogP contribution < -0.4 is 21.5 Å². The van der Waals surface area contributed by atoms with E-state index in [1.54, 1.807) is 29.8 Å². The number of aromatic nitrogens is 2. The molecule has 6 rings (SSSR count). The minimum atomic E-state index is -0.999. The standard InChI is InChI=1S/C36H44N2O9.BrH/c1-19-11-14-38(15-12-19)18-28(39)44-23(5)31-20(2)16-21(3)36-24(17-27(43-6)35(42)45-31)9-10-25-29(36)30(40)22(4)32(33(25)47-36)46-34(41)26-8-7-13-37-26;/h7-16,20,22-25,27,29-33,40H,17-18H2,1-6H3;1H/b21-16-;/t20-,22-,23-,24-,25-,27+,29+,30-,31+,32-,33+,36+;/m1./s1. The summed E-state index contributed by atoms with van der Waals surface area (Å²) in [6.45, 7) is 9.47. The number of carbonyl (C=O) groups is 3. The minimum Gasteiger partial charge on any atom is -1.00 e. The van der Waals surface area contributed by atoms with Crippen LogP contribution in [0.4, 0.5) is 0 Å². The summed E-state index contributed by atoms with van der Waals surface area (Å²) >= 11 is 0. The maximum atomic E-state index is 13.6. The fourth-order valence-corrected chi connectivity index (χ4v) is 8.23. The van der Waals surface area contributed by atoms with Gasteiger partial charge in [0.05, 0.1) is 6.10 Å². The first-order valence-electron chi connectivity index (χ1n) is 16.4. The Bertz CT molecular complexity index is 1540. The largest absolute Gasteiger partial charge is 1.00 e. The minimum absolute atomic E-state index is 0. The summed E-state index contributed by atoms with van der Waals surface area (Å²) in [6.07, 6.45) is 6.99. The normalized spacial score (nSPS) is 37.1. The van der Waals surface area contributed by atoms with Crippen molar-refractivity contribution in [2.45, 2.75) is 89.8 Å². The molecule has 2 fully saturated rings. The molecule has 4 heterocycles. The number of aryl methyl sites for hydroxylation is 1. The Kier molecular flexibility index (Phi) is 10.7. The average Bonchev–Trinajstić information content (AvgIpc) is 3.64. The summed E-state index contributed by atoms with van der Waals surface area (Å²) in [5, 5.41) is 11.9. The van der Waals surface area contributed by atoms with Crippen molar-refractivity contribution in [1.29, 1.82) is 0 Å². The lowest BCUT2D eigenvalue weighted by atomic mass is 9.57. The number of halogens is 1. The zero-order valence-electron chi connectivity index (χ0n) is 28.1. The molecule has 0 unspecified atom stereocenters. The zero-order valence-corrected chi connectivity index (χ0v) is 29.7. The number of rotatable bonds is 7. The van der Waals surface area contributed by atoms with Crippen LogP contribution in [0.3, 0.4) is 0 Å². The van der Waals surface area contributed by atoms with Gasteiger partial charge in [0.25, 0.3) is 0 Å². The van der Waals surface area contributed by atoms with E-state index in [-0.39, 0.29) is 47.7 Å². The van der Waals surface area contributed by atoms with Crippen molar-refractivity contribution in [3.05, 3.63) is 77.9 Å². The van der Waals surface area contributed by atoms with Gasteiger partial charge in [-0.2, -0.15) is 4.57 Å². The van der Waals surface area contributed by atoms with E-state index in [2.05, 4.69) is 4.98 Å². The Balaban J connectivity index is 0.00000451. The maximum absolute atomic E-state index is 13.6. The molecule has 12 heteroatoms. The molecule has 0 aromatic carbocycles. The van der Waals surface area contributed by atoms with Gasteiger partial charge in [-0.25, -0.2) is 14.4 Å². The van der Waals surface area contributed by atoms with Gasteiger partial charge in [0.15, 0.2) is 18.5 Å². The van der Waals surface area contributed by atoms with Crippen LogP contribution in [-0.2, 0) is 39.8 Å². The van der Waals surface area contributed by atoms with Gasteiger partial charge in [-0.05, 0) is 50.5 Å². The van der Waals surface area contributed by atoms with Crippen molar-refractivity contribution in [3.8, 4) is 0 Å². The third-order valence-electron chi connectivity index (χ3n) is 10.6. The van der Waals surface area contributed by atoms with Crippen molar-refractivity contribution in [2.24, 2.45) is 29.6 Å². The molecular weight excluding hydrogens is 684 g/mol. The molecule has 12 atom stereocenters. The van der Waals surface area contributed by atoms with E-state index < -0.39 is 72.0 Å². The highest BCUT2D eigenvalue weighted by atomic mass is 79.9. The van der Waals surface area contributed by atoms with Crippen LogP contribution in [0.5, 0.6) is 0 Å². The van der Waals surface area contributed by atoms with Crippen molar-refractivity contribution in [1.82, 2.24) is 4.98 Å². The van der Waals surface area contributed by atoms with Crippen LogP contribution in [0, 0.1) is 36.5 Å². The Morgan fingerprint density at radius 2 is 1.90 bits per heavy atom. The second-order valence-electron chi connectivity index (χ2n) is 13.6. The van der Waals surface area contributed by atoms with E-state index in [9.17, 15) is 19.5 Å². The third-order valence-corrected chi connectivity index (χ3v) is 10.6. The molecule has 4 bridgehead atoms. The molecule has 11 nitrogen and oxygen atoms in total.